The van der Waals surface area contributed by atoms with Gasteiger partial charge in [0.15, 0.2) is 0 Å². The topological polar surface area (TPSA) is 53.4 Å². The van der Waals surface area contributed by atoms with Crippen molar-refractivity contribution in [3.63, 3.8) is 0 Å². The lowest BCUT2D eigenvalue weighted by atomic mass is 9.75. The molecule has 4 heterocycles. The lowest BCUT2D eigenvalue weighted by molar-refractivity contribution is -0.138. The van der Waals surface area contributed by atoms with Crippen molar-refractivity contribution in [3.05, 3.63) is 54.1 Å². The van der Waals surface area contributed by atoms with E-state index < -0.39 is 0 Å². The summed E-state index contributed by atoms with van der Waals surface area (Å²) in [4.78, 5) is 17.1. The van der Waals surface area contributed by atoms with E-state index >= 15 is 0 Å². The summed E-state index contributed by atoms with van der Waals surface area (Å²) in [6.45, 7) is 2.88. The Kier molecular flexibility index (Phi) is 3.32. The summed E-state index contributed by atoms with van der Waals surface area (Å²) in [7, 11) is 1.42. The van der Waals surface area contributed by atoms with Crippen LogP contribution in [0.25, 0.3) is 22.2 Å². The molecule has 0 saturated heterocycles. The van der Waals surface area contributed by atoms with E-state index in [2.05, 4.69) is 29.8 Å². The number of hydrogen-bond donors (Lipinski definition) is 0. The summed E-state index contributed by atoms with van der Waals surface area (Å²) < 4.78 is 13.0. The maximum absolute atomic E-state index is 12.3. The molecule has 5 rings (SSSR count). The van der Waals surface area contributed by atoms with Crippen LogP contribution in [0.15, 0.2) is 48.4 Å². The van der Waals surface area contributed by atoms with Gasteiger partial charge in [-0.15, -0.1) is 0 Å². The number of hydrogen-bond acceptors (Lipinski definition) is 4. The number of carbonyl (C=O) groups excluding carboxylic acids is 1. The Labute approximate surface area is 151 Å². The fourth-order valence-corrected chi connectivity index (χ4v) is 4.49. The molecule has 4 aliphatic heterocycles. The number of para-hydroxylation sites is 1. The number of nitrogens with zero attached hydrogens (tertiary/aromatic N) is 2. The zero-order valence-corrected chi connectivity index (χ0v) is 14.8. The highest BCUT2D eigenvalue weighted by Crippen LogP contribution is 2.42. The third kappa shape index (κ3) is 2.09. The predicted molar refractivity (Wildman–Crippen MR) is 97.7 cm³/mol. The first-order chi connectivity index (χ1) is 12.7. The molecule has 1 aromatic rings. The molecule has 2 unspecified atom stereocenters. The zero-order valence-electron chi connectivity index (χ0n) is 14.8. The highest BCUT2D eigenvalue weighted by molar-refractivity contribution is 5.98. The van der Waals surface area contributed by atoms with Gasteiger partial charge in [-0.2, -0.15) is 0 Å². The summed E-state index contributed by atoms with van der Waals surface area (Å²) in [6.07, 6.45) is 4.57. The van der Waals surface area contributed by atoms with Crippen molar-refractivity contribution >= 4 is 16.9 Å². The van der Waals surface area contributed by atoms with Crippen LogP contribution in [0, 0.1) is 11.8 Å². The fourth-order valence-electron chi connectivity index (χ4n) is 4.49. The molecule has 0 N–H and O–H groups in total. The molecule has 26 heavy (non-hydrogen) atoms. The normalized spacial score (nSPS) is 24.5. The average Bonchev–Trinajstić information content (AvgIpc) is 3.06. The number of benzene rings is 1. The van der Waals surface area contributed by atoms with Crippen LogP contribution in [0.2, 0.25) is 0 Å². The van der Waals surface area contributed by atoms with E-state index in [0.717, 1.165) is 24.2 Å². The van der Waals surface area contributed by atoms with Crippen LogP contribution < -0.4 is 0 Å². The SMILES string of the molecule is COC(=O)C1=COC(C)[C@H]2Cn3ccc4c5ccccc5nc-4c3CC12. The maximum atomic E-state index is 12.3. The molecule has 132 valence electrons. The molecule has 0 aliphatic carbocycles. The minimum absolute atomic E-state index is 0.0662. The number of methoxy groups -OCH3 is 1. The summed E-state index contributed by atoms with van der Waals surface area (Å²) in [5, 5.41) is 1.18. The third-order valence-electron chi connectivity index (χ3n) is 5.89. The van der Waals surface area contributed by atoms with E-state index in [1.807, 2.05) is 18.2 Å². The molecule has 0 fully saturated rings. The smallest absolute Gasteiger partial charge is 0.337 e. The van der Waals surface area contributed by atoms with E-state index in [-0.39, 0.29) is 23.9 Å². The van der Waals surface area contributed by atoms with E-state index in [4.69, 9.17) is 14.5 Å². The molecule has 0 spiro atoms. The number of fused-ring (bicyclic) bond motifs is 6. The minimum Gasteiger partial charge on any atom is -0.497 e. The van der Waals surface area contributed by atoms with Crippen molar-refractivity contribution in [2.75, 3.05) is 7.11 Å². The fraction of sp³-hybridized carbons (Fsp3) is 0.333. The van der Waals surface area contributed by atoms with Gasteiger partial charge in [0.25, 0.3) is 0 Å². The number of carbonyl (C=O) groups is 1. The largest absolute Gasteiger partial charge is 0.497 e. The van der Waals surface area contributed by atoms with Crippen LogP contribution in [-0.2, 0) is 27.2 Å². The Hall–Kier alpha value is -2.82. The van der Waals surface area contributed by atoms with Gasteiger partial charge >= 0.3 is 5.97 Å². The number of aromatic nitrogens is 2. The van der Waals surface area contributed by atoms with Gasteiger partial charge in [0, 0.05) is 41.2 Å². The number of pyridine rings is 1. The molecule has 4 aliphatic rings. The Morgan fingerprint density at radius 1 is 1.31 bits per heavy atom. The monoisotopic (exact) mass is 348 g/mol. The first kappa shape index (κ1) is 15.4. The predicted octanol–water partition coefficient (Wildman–Crippen LogP) is 3.41. The Morgan fingerprint density at radius 2 is 2.15 bits per heavy atom. The van der Waals surface area contributed by atoms with Gasteiger partial charge < -0.3 is 14.0 Å². The highest BCUT2D eigenvalue weighted by atomic mass is 16.5. The second-order valence-electron chi connectivity index (χ2n) is 7.19. The maximum Gasteiger partial charge on any atom is 0.337 e. The van der Waals surface area contributed by atoms with E-state index in [1.165, 1.54) is 23.8 Å². The van der Waals surface area contributed by atoms with Crippen LogP contribution in [0.3, 0.4) is 0 Å². The van der Waals surface area contributed by atoms with Gasteiger partial charge in [0.2, 0.25) is 0 Å². The Morgan fingerprint density at radius 3 is 3.00 bits per heavy atom. The number of esters is 1. The van der Waals surface area contributed by atoms with Crippen molar-refractivity contribution in [3.8, 4) is 11.3 Å². The summed E-state index contributed by atoms with van der Waals surface area (Å²) in [5.74, 6) is 0.0400. The summed E-state index contributed by atoms with van der Waals surface area (Å²) in [6, 6.07) is 10.4. The van der Waals surface area contributed by atoms with E-state index in [0.29, 0.717) is 5.57 Å². The van der Waals surface area contributed by atoms with Crippen molar-refractivity contribution < 1.29 is 14.3 Å². The first-order valence-electron chi connectivity index (χ1n) is 8.97. The average molecular weight is 348 g/mol. The quantitative estimate of drug-likeness (QED) is 0.633. The van der Waals surface area contributed by atoms with Gasteiger partial charge in [0.05, 0.1) is 30.2 Å². The standard InChI is InChI=1S/C21H20N2O3/c1-12-16-10-23-8-7-14-13-5-3-4-6-18(13)22-20(14)19(23)9-15(16)17(11-26-12)21(24)25-2/h3-8,11-12,15-16H,9-10H2,1-2H3/t12?,15?,16-/m1/s1. The van der Waals surface area contributed by atoms with Gasteiger partial charge in [-0.05, 0) is 25.5 Å². The van der Waals surface area contributed by atoms with Gasteiger partial charge in [-0.3, -0.25) is 0 Å². The Bertz CT molecular complexity index is 1020. The second kappa shape index (κ2) is 5.59. The second-order valence-corrected chi connectivity index (χ2v) is 7.19. The van der Waals surface area contributed by atoms with Gasteiger partial charge in [-0.1, -0.05) is 18.2 Å². The first-order valence-corrected chi connectivity index (χ1v) is 8.97. The van der Waals surface area contributed by atoms with Crippen molar-refractivity contribution in [1.82, 2.24) is 9.55 Å². The van der Waals surface area contributed by atoms with E-state index in [9.17, 15) is 4.79 Å². The van der Waals surface area contributed by atoms with Crippen LogP contribution in [0.1, 0.15) is 12.6 Å². The summed E-state index contributed by atoms with van der Waals surface area (Å²) >= 11 is 0. The molecule has 0 bridgehead atoms. The molecule has 3 atom stereocenters. The molecule has 0 saturated carbocycles. The molecule has 0 aromatic heterocycles. The Balaban J connectivity index is 1.66. The zero-order chi connectivity index (χ0) is 17.8. The van der Waals surface area contributed by atoms with Gasteiger partial charge in [0.1, 0.15) is 6.10 Å². The third-order valence-corrected chi connectivity index (χ3v) is 5.89. The molecule has 1 aromatic carbocycles. The van der Waals surface area contributed by atoms with Crippen LogP contribution in [-0.4, -0.2) is 28.7 Å². The molecule has 5 nitrogen and oxygen atoms in total. The minimum atomic E-state index is -0.298. The van der Waals surface area contributed by atoms with Crippen LogP contribution >= 0.6 is 0 Å². The number of rotatable bonds is 1. The van der Waals surface area contributed by atoms with Crippen molar-refractivity contribution in [1.29, 1.82) is 0 Å². The molecule has 0 amide bonds. The number of ether oxygens (including phenoxy) is 2. The summed E-state index contributed by atoms with van der Waals surface area (Å²) in [5.41, 5.74) is 5.05. The molecule has 0 radical (unpaired) electrons. The lowest BCUT2D eigenvalue weighted by Crippen LogP contribution is -2.42. The van der Waals surface area contributed by atoms with E-state index in [1.54, 1.807) is 6.26 Å². The van der Waals surface area contributed by atoms with Crippen molar-refractivity contribution in [2.24, 2.45) is 11.8 Å². The molecular weight excluding hydrogens is 328 g/mol. The van der Waals surface area contributed by atoms with Gasteiger partial charge in [-0.25, -0.2) is 9.78 Å². The highest BCUT2D eigenvalue weighted by Gasteiger charge is 2.42. The lowest BCUT2D eigenvalue weighted by Gasteiger charge is -2.41. The van der Waals surface area contributed by atoms with Crippen LogP contribution in [0.4, 0.5) is 0 Å². The van der Waals surface area contributed by atoms with Crippen LogP contribution in [0.5, 0.6) is 0 Å². The molecule has 5 heteroatoms. The molecular formula is C21H20N2O3. The van der Waals surface area contributed by atoms with Crippen molar-refractivity contribution in [2.45, 2.75) is 26.0 Å².